The molecule has 0 saturated carbocycles. The molecule has 0 saturated heterocycles. The fraction of sp³-hybridized carbons (Fsp3) is 0.0833. The van der Waals surface area contributed by atoms with Gasteiger partial charge in [-0.25, -0.2) is 0 Å². The van der Waals surface area contributed by atoms with Crippen LogP contribution in [0.3, 0.4) is 0 Å². The zero-order valence-corrected chi connectivity index (χ0v) is 17.5. The molecule has 0 unspecified atom stereocenters. The molecular weight excluding hydrogens is 474 g/mol. The quantitative estimate of drug-likeness (QED) is 0.262. The molecular formula is C24H14F6N4O. The van der Waals surface area contributed by atoms with Crippen molar-refractivity contribution >= 4 is 22.6 Å². The molecule has 0 bridgehead atoms. The molecule has 1 aromatic heterocycles. The summed E-state index contributed by atoms with van der Waals surface area (Å²) in [6, 6.07) is 10.7. The monoisotopic (exact) mass is 488 g/mol. The lowest BCUT2D eigenvalue weighted by Gasteiger charge is -2.19. The molecule has 1 amide bonds. The van der Waals surface area contributed by atoms with Crippen molar-refractivity contribution in [3.05, 3.63) is 82.4 Å². The standard InChI is InChI=1S/C24H14F6N4O/c25-23(26,27)15-10-16(22(32)35)19(17(11-15)24(28,29)30)14-5-1-3-12(9-14)7-8-13-4-2-6-18-20(13)21(31)34-33-18/h1-6,9-11H,(H2,32,35)(H3,31,33,34). The normalized spacial score (nSPS) is 11.8. The summed E-state index contributed by atoms with van der Waals surface area (Å²) in [6.45, 7) is 0. The minimum atomic E-state index is -5.20. The third kappa shape index (κ3) is 4.63. The molecule has 5 N–H and O–H groups in total. The summed E-state index contributed by atoms with van der Waals surface area (Å²) in [5.74, 6) is 4.44. The van der Waals surface area contributed by atoms with Gasteiger partial charge in [-0.15, -0.1) is 0 Å². The largest absolute Gasteiger partial charge is 0.417 e. The Kier molecular flexibility index (Phi) is 5.68. The number of hydrogen-bond acceptors (Lipinski definition) is 3. The van der Waals surface area contributed by atoms with E-state index in [1.807, 2.05) is 0 Å². The molecule has 0 atom stereocenters. The first-order chi connectivity index (χ1) is 16.4. The number of H-pyrrole nitrogens is 1. The van der Waals surface area contributed by atoms with Crippen molar-refractivity contribution in [2.24, 2.45) is 5.73 Å². The van der Waals surface area contributed by atoms with E-state index < -0.39 is 40.5 Å². The highest BCUT2D eigenvalue weighted by Gasteiger charge is 2.40. The van der Waals surface area contributed by atoms with Crippen LogP contribution < -0.4 is 11.5 Å². The predicted octanol–water partition coefficient (Wildman–Crippen LogP) is 5.35. The number of rotatable bonds is 2. The SMILES string of the molecule is NC(=O)c1cc(C(F)(F)F)cc(C(F)(F)F)c1-c1cccc(C#Cc2cccc3[nH]nc(N)c23)c1. The zero-order valence-electron chi connectivity index (χ0n) is 17.5. The van der Waals surface area contributed by atoms with Crippen LogP contribution >= 0.6 is 0 Å². The summed E-state index contributed by atoms with van der Waals surface area (Å²) in [7, 11) is 0. The van der Waals surface area contributed by atoms with E-state index in [0.717, 1.165) is 0 Å². The molecule has 4 aromatic rings. The van der Waals surface area contributed by atoms with Crippen molar-refractivity contribution in [1.82, 2.24) is 10.2 Å². The van der Waals surface area contributed by atoms with Gasteiger partial charge in [-0.05, 0) is 42.0 Å². The van der Waals surface area contributed by atoms with Crippen LogP contribution in [-0.4, -0.2) is 16.1 Å². The third-order valence-electron chi connectivity index (χ3n) is 5.15. The summed E-state index contributed by atoms with van der Waals surface area (Å²) in [4.78, 5) is 11.9. The molecule has 11 heteroatoms. The van der Waals surface area contributed by atoms with E-state index in [1.54, 1.807) is 18.2 Å². The van der Waals surface area contributed by atoms with E-state index in [0.29, 0.717) is 22.5 Å². The number of benzene rings is 3. The highest BCUT2D eigenvalue weighted by atomic mass is 19.4. The van der Waals surface area contributed by atoms with Crippen LogP contribution in [0.2, 0.25) is 0 Å². The van der Waals surface area contributed by atoms with Gasteiger partial charge in [0.1, 0.15) is 0 Å². The Morgan fingerprint density at radius 2 is 1.63 bits per heavy atom. The fourth-order valence-electron chi connectivity index (χ4n) is 3.63. The first-order valence-electron chi connectivity index (χ1n) is 9.83. The van der Waals surface area contributed by atoms with Gasteiger partial charge in [-0.1, -0.05) is 30.0 Å². The molecule has 1 heterocycles. The highest BCUT2D eigenvalue weighted by Crippen LogP contribution is 2.43. The topological polar surface area (TPSA) is 97.8 Å². The van der Waals surface area contributed by atoms with Crippen LogP contribution in [-0.2, 0) is 12.4 Å². The van der Waals surface area contributed by atoms with Gasteiger partial charge in [-0.3, -0.25) is 9.89 Å². The van der Waals surface area contributed by atoms with Gasteiger partial charge in [0.15, 0.2) is 5.82 Å². The molecule has 178 valence electrons. The fourth-order valence-corrected chi connectivity index (χ4v) is 3.63. The number of nitrogen functional groups attached to an aromatic ring is 1. The van der Waals surface area contributed by atoms with Crippen molar-refractivity contribution < 1.29 is 31.1 Å². The maximum atomic E-state index is 13.8. The maximum absolute atomic E-state index is 13.8. The maximum Gasteiger partial charge on any atom is 0.417 e. The van der Waals surface area contributed by atoms with Crippen LogP contribution in [0, 0.1) is 11.8 Å². The smallest absolute Gasteiger partial charge is 0.382 e. The lowest BCUT2D eigenvalue weighted by molar-refractivity contribution is -0.142. The summed E-state index contributed by atoms with van der Waals surface area (Å²) in [5, 5.41) is 7.20. The number of nitrogens with zero attached hydrogens (tertiary/aromatic N) is 1. The molecule has 4 rings (SSSR count). The minimum absolute atomic E-state index is 0.0392. The first kappa shape index (κ1) is 23.7. The number of hydrogen-bond donors (Lipinski definition) is 3. The molecule has 35 heavy (non-hydrogen) atoms. The number of amides is 1. The van der Waals surface area contributed by atoms with E-state index in [9.17, 15) is 31.1 Å². The van der Waals surface area contributed by atoms with E-state index in [4.69, 9.17) is 11.5 Å². The second-order valence-corrected chi connectivity index (χ2v) is 7.47. The zero-order chi connectivity index (χ0) is 25.5. The molecule has 3 aromatic carbocycles. The van der Waals surface area contributed by atoms with Crippen molar-refractivity contribution in [3.63, 3.8) is 0 Å². The van der Waals surface area contributed by atoms with Crippen molar-refractivity contribution in [2.75, 3.05) is 5.73 Å². The molecule has 0 fully saturated rings. The van der Waals surface area contributed by atoms with E-state index in [1.165, 1.54) is 24.3 Å². The molecule has 0 aliphatic heterocycles. The van der Waals surface area contributed by atoms with Gasteiger partial charge in [0.2, 0.25) is 5.91 Å². The number of anilines is 1. The average Bonchev–Trinajstić information content (AvgIpc) is 3.17. The number of fused-ring (bicyclic) bond motifs is 1. The summed E-state index contributed by atoms with van der Waals surface area (Å²) in [6.07, 6.45) is -10.3. The van der Waals surface area contributed by atoms with Gasteiger partial charge in [0.05, 0.1) is 22.0 Å². The van der Waals surface area contributed by atoms with Gasteiger partial charge in [0, 0.05) is 22.3 Å². The number of halogens is 6. The minimum Gasteiger partial charge on any atom is -0.382 e. The number of carbonyl (C=O) groups is 1. The van der Waals surface area contributed by atoms with Gasteiger partial charge < -0.3 is 11.5 Å². The third-order valence-corrected chi connectivity index (χ3v) is 5.15. The Labute approximate surface area is 193 Å². The van der Waals surface area contributed by atoms with Crippen LogP contribution in [0.25, 0.3) is 22.0 Å². The summed E-state index contributed by atoms with van der Waals surface area (Å²) < 4.78 is 81.1. The van der Waals surface area contributed by atoms with E-state index >= 15 is 0 Å². The molecule has 5 nitrogen and oxygen atoms in total. The summed E-state index contributed by atoms with van der Waals surface area (Å²) >= 11 is 0. The lowest BCUT2D eigenvalue weighted by atomic mass is 9.90. The van der Waals surface area contributed by atoms with Crippen molar-refractivity contribution in [3.8, 4) is 23.0 Å². The van der Waals surface area contributed by atoms with Gasteiger partial charge >= 0.3 is 12.4 Å². The number of nitrogens with two attached hydrogens (primary N) is 2. The molecule has 0 radical (unpaired) electrons. The van der Waals surface area contributed by atoms with Crippen LogP contribution in [0.1, 0.15) is 32.6 Å². The Morgan fingerprint density at radius 1 is 0.914 bits per heavy atom. The van der Waals surface area contributed by atoms with E-state index in [2.05, 4.69) is 22.0 Å². The second-order valence-electron chi connectivity index (χ2n) is 7.47. The van der Waals surface area contributed by atoms with Gasteiger partial charge in [0.25, 0.3) is 0 Å². The van der Waals surface area contributed by atoms with Crippen LogP contribution in [0.15, 0.2) is 54.6 Å². The Hall–Kier alpha value is -4.46. The lowest BCUT2D eigenvalue weighted by Crippen LogP contribution is -2.19. The second kappa shape index (κ2) is 8.39. The van der Waals surface area contributed by atoms with Crippen molar-refractivity contribution in [2.45, 2.75) is 12.4 Å². The van der Waals surface area contributed by atoms with Gasteiger partial charge in [-0.2, -0.15) is 31.4 Å². The molecule has 0 spiro atoms. The number of aromatic nitrogens is 2. The van der Waals surface area contributed by atoms with Crippen LogP contribution in [0.4, 0.5) is 32.2 Å². The van der Waals surface area contributed by atoms with Crippen molar-refractivity contribution in [1.29, 1.82) is 0 Å². The Bertz CT molecular complexity index is 1520. The average molecular weight is 488 g/mol. The number of carbonyl (C=O) groups excluding carboxylic acids is 1. The predicted molar refractivity (Wildman–Crippen MR) is 117 cm³/mol. The Balaban J connectivity index is 1.89. The highest BCUT2D eigenvalue weighted by molar-refractivity contribution is 6.01. The number of primary amides is 1. The summed E-state index contributed by atoms with van der Waals surface area (Å²) in [5.41, 5.74) is 7.29. The molecule has 0 aliphatic rings. The van der Waals surface area contributed by atoms with Crippen LogP contribution in [0.5, 0.6) is 0 Å². The number of nitrogens with one attached hydrogen (secondary N) is 1. The van der Waals surface area contributed by atoms with E-state index in [-0.39, 0.29) is 23.0 Å². The Morgan fingerprint density at radius 3 is 2.29 bits per heavy atom. The molecule has 0 aliphatic carbocycles. The first-order valence-corrected chi connectivity index (χ1v) is 9.83. The number of alkyl halides is 6. The number of aromatic amines is 1.